The van der Waals surface area contributed by atoms with Crippen LogP contribution in [0, 0.1) is 0 Å². The van der Waals surface area contributed by atoms with E-state index < -0.39 is 5.97 Å². The van der Waals surface area contributed by atoms with E-state index in [-0.39, 0.29) is 28.3 Å². The molecule has 0 saturated carbocycles. The minimum absolute atomic E-state index is 0.0148. The monoisotopic (exact) mass is 351 g/mol. The Morgan fingerprint density at radius 1 is 0.923 bits per heavy atom. The van der Waals surface area contributed by atoms with Crippen LogP contribution in [0.5, 0.6) is 0 Å². The van der Waals surface area contributed by atoms with Crippen molar-refractivity contribution in [3.8, 4) is 0 Å². The molecule has 2 aromatic rings. The van der Waals surface area contributed by atoms with Crippen LogP contribution in [-0.4, -0.2) is 23.0 Å². The molecule has 1 unspecified atom stereocenters. The number of aromatic carboxylic acids is 1. The van der Waals surface area contributed by atoms with Crippen molar-refractivity contribution in [2.24, 2.45) is 0 Å². The molecule has 1 amide bonds. The largest absolute Gasteiger partial charge is 0.478 e. The Hall–Kier alpha value is -2.62. The highest BCUT2D eigenvalue weighted by Crippen LogP contribution is 2.45. The number of nitrogens with one attached hydrogen (secondary N) is 1. The Kier molecular flexibility index (Phi) is 4.39. The highest BCUT2D eigenvalue weighted by Gasteiger charge is 2.44. The molecular formula is C22H25NO3. The number of amides is 1. The molecule has 0 bridgehead atoms. The van der Waals surface area contributed by atoms with Crippen LogP contribution in [0.4, 0.5) is 0 Å². The lowest BCUT2D eigenvalue weighted by molar-refractivity contribution is 0.0696. The van der Waals surface area contributed by atoms with Gasteiger partial charge in [0.1, 0.15) is 0 Å². The second kappa shape index (κ2) is 6.27. The minimum Gasteiger partial charge on any atom is -0.478 e. The Bertz CT molecular complexity index is 850. The van der Waals surface area contributed by atoms with Gasteiger partial charge in [0.25, 0.3) is 5.91 Å². The van der Waals surface area contributed by atoms with E-state index in [1.54, 1.807) is 12.1 Å². The summed E-state index contributed by atoms with van der Waals surface area (Å²) in [7, 11) is 0. The third kappa shape index (κ3) is 3.12. The van der Waals surface area contributed by atoms with Gasteiger partial charge in [0.15, 0.2) is 0 Å². The maximum atomic E-state index is 12.7. The third-order valence-corrected chi connectivity index (χ3v) is 5.64. The summed E-state index contributed by atoms with van der Waals surface area (Å²) in [5, 5.41) is 12.2. The summed E-state index contributed by atoms with van der Waals surface area (Å²) in [5.74, 6) is -1.17. The van der Waals surface area contributed by atoms with Gasteiger partial charge in [0.05, 0.1) is 5.56 Å². The molecule has 2 aromatic carbocycles. The van der Waals surface area contributed by atoms with Crippen LogP contribution >= 0.6 is 0 Å². The number of fused-ring (bicyclic) bond motifs is 1. The lowest BCUT2D eigenvalue weighted by atomic mass is 9.60. The summed E-state index contributed by atoms with van der Waals surface area (Å²) in [6, 6.07) is 14.5. The highest BCUT2D eigenvalue weighted by atomic mass is 16.4. The van der Waals surface area contributed by atoms with Gasteiger partial charge >= 0.3 is 5.97 Å². The number of carboxylic acid groups (broad SMARTS) is 1. The normalized spacial score (nSPS) is 20.1. The molecule has 0 saturated heterocycles. The van der Waals surface area contributed by atoms with Crippen molar-refractivity contribution < 1.29 is 14.7 Å². The predicted molar refractivity (Wildman–Crippen MR) is 102 cm³/mol. The van der Waals surface area contributed by atoms with Crippen molar-refractivity contribution in [1.82, 2.24) is 5.32 Å². The number of rotatable bonds is 3. The van der Waals surface area contributed by atoms with Crippen LogP contribution in [0.1, 0.15) is 66.0 Å². The van der Waals surface area contributed by atoms with Gasteiger partial charge < -0.3 is 10.4 Å². The van der Waals surface area contributed by atoms with Crippen LogP contribution in [0.25, 0.3) is 0 Å². The lowest BCUT2D eigenvalue weighted by Gasteiger charge is -2.47. The molecule has 136 valence electrons. The van der Waals surface area contributed by atoms with Crippen molar-refractivity contribution in [1.29, 1.82) is 0 Å². The van der Waals surface area contributed by atoms with Crippen molar-refractivity contribution >= 4 is 11.9 Å². The fourth-order valence-electron chi connectivity index (χ4n) is 3.94. The Labute approximate surface area is 154 Å². The van der Waals surface area contributed by atoms with Crippen LogP contribution in [-0.2, 0) is 10.8 Å². The topological polar surface area (TPSA) is 66.4 Å². The van der Waals surface area contributed by atoms with E-state index in [4.69, 9.17) is 5.11 Å². The van der Waals surface area contributed by atoms with E-state index in [9.17, 15) is 9.59 Å². The maximum absolute atomic E-state index is 12.7. The molecule has 26 heavy (non-hydrogen) atoms. The molecular weight excluding hydrogens is 326 g/mol. The van der Waals surface area contributed by atoms with Crippen molar-refractivity contribution in [3.63, 3.8) is 0 Å². The molecule has 2 N–H and O–H groups in total. The van der Waals surface area contributed by atoms with Crippen LogP contribution in [0.2, 0.25) is 0 Å². The van der Waals surface area contributed by atoms with Gasteiger partial charge in [-0.1, -0.05) is 52.0 Å². The maximum Gasteiger partial charge on any atom is 0.335 e. The molecule has 0 aliphatic heterocycles. The molecule has 0 heterocycles. The quantitative estimate of drug-likeness (QED) is 0.873. The van der Waals surface area contributed by atoms with Crippen LogP contribution in [0.15, 0.2) is 48.5 Å². The zero-order chi connectivity index (χ0) is 19.1. The number of benzene rings is 2. The van der Waals surface area contributed by atoms with E-state index in [0.717, 1.165) is 6.42 Å². The van der Waals surface area contributed by atoms with Gasteiger partial charge in [-0.2, -0.15) is 0 Å². The van der Waals surface area contributed by atoms with Gasteiger partial charge in [0, 0.05) is 17.0 Å². The smallest absolute Gasteiger partial charge is 0.335 e. The molecule has 0 radical (unpaired) electrons. The summed E-state index contributed by atoms with van der Waals surface area (Å²) in [4.78, 5) is 23.7. The number of hydrogen-bond donors (Lipinski definition) is 2. The Morgan fingerprint density at radius 3 is 2.04 bits per heavy atom. The van der Waals surface area contributed by atoms with Crippen LogP contribution in [0.3, 0.4) is 0 Å². The number of carbonyl (C=O) groups is 2. The fourth-order valence-corrected chi connectivity index (χ4v) is 3.94. The summed E-state index contributed by atoms with van der Waals surface area (Å²) < 4.78 is 0. The second-order valence-corrected chi connectivity index (χ2v) is 8.26. The van der Waals surface area contributed by atoms with E-state index in [0.29, 0.717) is 5.56 Å². The van der Waals surface area contributed by atoms with E-state index in [1.165, 1.54) is 23.3 Å². The summed E-state index contributed by atoms with van der Waals surface area (Å²) in [6.45, 7) is 8.75. The Balaban J connectivity index is 1.88. The summed E-state index contributed by atoms with van der Waals surface area (Å²) >= 11 is 0. The summed E-state index contributed by atoms with van der Waals surface area (Å²) in [5.41, 5.74) is 3.03. The first-order valence-electron chi connectivity index (χ1n) is 8.87. The lowest BCUT2D eigenvalue weighted by Crippen LogP contribution is -2.54. The average molecular weight is 351 g/mol. The molecule has 0 spiro atoms. The minimum atomic E-state index is -0.997. The number of carboxylic acids is 1. The number of hydrogen-bond acceptors (Lipinski definition) is 2. The van der Waals surface area contributed by atoms with E-state index >= 15 is 0 Å². The van der Waals surface area contributed by atoms with E-state index in [1.807, 2.05) is 6.07 Å². The SMILES string of the molecule is CC1(C)CC(NC(=O)c2ccc(C(=O)O)cc2)C(C)(C)c2ccccc21. The third-order valence-electron chi connectivity index (χ3n) is 5.64. The molecule has 3 rings (SSSR count). The van der Waals surface area contributed by atoms with Gasteiger partial charge in [-0.05, 0) is 47.2 Å². The first kappa shape index (κ1) is 18.2. The first-order valence-corrected chi connectivity index (χ1v) is 8.87. The molecule has 0 aromatic heterocycles. The van der Waals surface area contributed by atoms with Crippen LogP contribution < -0.4 is 5.32 Å². The molecule has 1 atom stereocenters. The van der Waals surface area contributed by atoms with Crippen molar-refractivity contribution in [2.45, 2.75) is 51.0 Å². The second-order valence-electron chi connectivity index (χ2n) is 8.26. The van der Waals surface area contributed by atoms with Gasteiger partial charge in [0.2, 0.25) is 0 Å². The zero-order valence-electron chi connectivity index (χ0n) is 15.7. The highest BCUT2D eigenvalue weighted by molar-refractivity contribution is 5.96. The van der Waals surface area contributed by atoms with Crippen molar-refractivity contribution in [2.75, 3.05) is 0 Å². The summed E-state index contributed by atoms with van der Waals surface area (Å²) in [6.07, 6.45) is 0.843. The standard InChI is InChI=1S/C22H25NO3/c1-21(2)13-18(22(3,4)17-8-6-5-7-16(17)21)23-19(24)14-9-11-15(12-10-14)20(25)26/h5-12,18H,13H2,1-4H3,(H,23,24)(H,25,26). The molecule has 1 aliphatic carbocycles. The van der Waals surface area contributed by atoms with Crippen molar-refractivity contribution in [3.05, 3.63) is 70.8 Å². The first-order chi connectivity index (χ1) is 12.1. The van der Waals surface area contributed by atoms with Gasteiger partial charge in [-0.3, -0.25) is 4.79 Å². The zero-order valence-corrected chi connectivity index (χ0v) is 15.7. The Morgan fingerprint density at radius 2 is 1.46 bits per heavy atom. The number of carbonyl (C=O) groups excluding carboxylic acids is 1. The van der Waals surface area contributed by atoms with E-state index in [2.05, 4.69) is 51.2 Å². The molecule has 0 fully saturated rings. The van der Waals surface area contributed by atoms with Gasteiger partial charge in [-0.25, -0.2) is 4.79 Å². The molecule has 1 aliphatic rings. The predicted octanol–water partition coefficient (Wildman–Crippen LogP) is 4.14. The molecule has 4 heteroatoms. The average Bonchev–Trinajstić information content (AvgIpc) is 2.60. The van der Waals surface area contributed by atoms with Gasteiger partial charge in [-0.15, -0.1) is 0 Å². The molecule has 4 nitrogen and oxygen atoms in total. The fraction of sp³-hybridized carbons (Fsp3) is 0.364.